The normalized spacial score (nSPS) is 42.2. The van der Waals surface area contributed by atoms with Crippen LogP contribution >= 0.6 is 0 Å². The van der Waals surface area contributed by atoms with Crippen LogP contribution in [-0.2, 0) is 4.74 Å². The number of hydrogen-bond donors (Lipinski definition) is 1. The molecule has 0 aromatic heterocycles. The molecule has 0 radical (unpaired) electrons. The summed E-state index contributed by atoms with van der Waals surface area (Å²) in [6.45, 7) is 10.3. The van der Waals surface area contributed by atoms with Crippen LogP contribution in [0.2, 0.25) is 0 Å². The Balaban J connectivity index is 1.79. The Kier molecular flexibility index (Phi) is 5.08. The maximum atomic E-state index is 5.86. The third-order valence-electron chi connectivity index (χ3n) is 5.13. The van der Waals surface area contributed by atoms with E-state index in [1.165, 1.54) is 32.1 Å². The lowest BCUT2D eigenvalue weighted by Gasteiger charge is -2.38. The molecular weight excluding hydrogens is 222 g/mol. The second kappa shape index (κ2) is 6.38. The Labute approximate surface area is 113 Å². The van der Waals surface area contributed by atoms with Crippen LogP contribution in [0.3, 0.4) is 0 Å². The molecule has 2 heteroatoms. The van der Waals surface area contributed by atoms with Crippen molar-refractivity contribution >= 4 is 0 Å². The molecular formula is C16H31NO. The van der Waals surface area contributed by atoms with E-state index in [4.69, 9.17) is 4.74 Å². The summed E-state index contributed by atoms with van der Waals surface area (Å²) in [7, 11) is 0. The molecule has 0 amide bonds. The van der Waals surface area contributed by atoms with Gasteiger partial charge in [0.15, 0.2) is 0 Å². The molecule has 0 aromatic rings. The van der Waals surface area contributed by atoms with E-state index in [2.05, 4.69) is 33.0 Å². The summed E-state index contributed by atoms with van der Waals surface area (Å²) in [5, 5.41) is 3.91. The van der Waals surface area contributed by atoms with E-state index in [1.807, 2.05) is 0 Å². The van der Waals surface area contributed by atoms with E-state index in [-0.39, 0.29) is 0 Å². The molecule has 2 aliphatic rings. The lowest BCUT2D eigenvalue weighted by atomic mass is 9.78. The van der Waals surface area contributed by atoms with Gasteiger partial charge in [-0.1, -0.05) is 27.7 Å². The van der Waals surface area contributed by atoms with E-state index in [0.717, 1.165) is 24.5 Å². The maximum absolute atomic E-state index is 5.86. The Morgan fingerprint density at radius 2 is 1.67 bits per heavy atom. The summed E-state index contributed by atoms with van der Waals surface area (Å²) in [6, 6.07) is 1.45. The Morgan fingerprint density at radius 3 is 2.33 bits per heavy atom. The molecule has 1 aliphatic carbocycles. The standard InChI is InChI=1S/C16H31NO/c1-11(2)16-10-15(7-8-18-16)17-14-6-5-12(3)13(4)9-14/h11-17H,5-10H2,1-4H3. The van der Waals surface area contributed by atoms with Crippen molar-refractivity contribution < 1.29 is 4.74 Å². The zero-order valence-electron chi connectivity index (χ0n) is 12.6. The molecule has 18 heavy (non-hydrogen) atoms. The van der Waals surface area contributed by atoms with Crippen molar-refractivity contribution in [1.29, 1.82) is 0 Å². The van der Waals surface area contributed by atoms with Crippen LogP contribution in [0, 0.1) is 17.8 Å². The van der Waals surface area contributed by atoms with Crippen molar-refractivity contribution in [3.8, 4) is 0 Å². The minimum Gasteiger partial charge on any atom is -0.378 e. The summed E-state index contributed by atoms with van der Waals surface area (Å²) >= 11 is 0. The molecule has 2 fully saturated rings. The monoisotopic (exact) mass is 253 g/mol. The van der Waals surface area contributed by atoms with Gasteiger partial charge in [0.05, 0.1) is 6.10 Å². The molecule has 0 aromatic carbocycles. The van der Waals surface area contributed by atoms with Gasteiger partial charge in [-0.25, -0.2) is 0 Å². The van der Waals surface area contributed by atoms with Crippen molar-refractivity contribution in [3.05, 3.63) is 0 Å². The van der Waals surface area contributed by atoms with Gasteiger partial charge in [-0.3, -0.25) is 0 Å². The van der Waals surface area contributed by atoms with Gasteiger partial charge in [0.1, 0.15) is 0 Å². The molecule has 2 nitrogen and oxygen atoms in total. The number of ether oxygens (including phenoxy) is 1. The van der Waals surface area contributed by atoms with Crippen molar-refractivity contribution in [2.24, 2.45) is 17.8 Å². The fourth-order valence-electron chi connectivity index (χ4n) is 3.48. The highest BCUT2D eigenvalue weighted by atomic mass is 16.5. The van der Waals surface area contributed by atoms with E-state index in [1.54, 1.807) is 0 Å². The fourth-order valence-corrected chi connectivity index (χ4v) is 3.48. The van der Waals surface area contributed by atoms with E-state index >= 15 is 0 Å². The van der Waals surface area contributed by atoms with Crippen LogP contribution < -0.4 is 5.32 Å². The predicted molar refractivity (Wildman–Crippen MR) is 76.7 cm³/mol. The van der Waals surface area contributed by atoms with Gasteiger partial charge >= 0.3 is 0 Å². The van der Waals surface area contributed by atoms with Crippen molar-refractivity contribution in [2.45, 2.75) is 78.0 Å². The molecule has 1 saturated carbocycles. The molecule has 1 saturated heterocycles. The largest absolute Gasteiger partial charge is 0.378 e. The summed E-state index contributed by atoms with van der Waals surface area (Å²) in [4.78, 5) is 0. The van der Waals surface area contributed by atoms with Crippen molar-refractivity contribution in [3.63, 3.8) is 0 Å². The summed E-state index contributed by atoms with van der Waals surface area (Å²) in [6.07, 6.45) is 7.01. The van der Waals surface area contributed by atoms with Gasteiger partial charge in [0, 0.05) is 18.7 Å². The van der Waals surface area contributed by atoms with Gasteiger partial charge < -0.3 is 10.1 Å². The first kappa shape index (κ1) is 14.3. The third-order valence-corrected chi connectivity index (χ3v) is 5.13. The minimum atomic E-state index is 0.469. The Bertz CT molecular complexity index is 253. The van der Waals surface area contributed by atoms with Crippen LogP contribution in [-0.4, -0.2) is 24.8 Å². The first-order valence-electron chi connectivity index (χ1n) is 7.94. The SMILES string of the molecule is CC(C)C1CC(NC2CCC(C)C(C)C2)CCO1. The topological polar surface area (TPSA) is 21.3 Å². The van der Waals surface area contributed by atoms with Crippen LogP contribution in [0.1, 0.15) is 59.8 Å². The summed E-state index contributed by atoms with van der Waals surface area (Å²) < 4.78 is 5.86. The quantitative estimate of drug-likeness (QED) is 0.829. The average molecular weight is 253 g/mol. The molecule has 1 aliphatic heterocycles. The zero-order valence-corrected chi connectivity index (χ0v) is 12.6. The smallest absolute Gasteiger partial charge is 0.0612 e. The number of hydrogen-bond acceptors (Lipinski definition) is 2. The maximum Gasteiger partial charge on any atom is 0.0612 e. The van der Waals surface area contributed by atoms with Crippen LogP contribution in [0.4, 0.5) is 0 Å². The molecule has 2 rings (SSSR count). The molecule has 0 bridgehead atoms. The predicted octanol–water partition coefficient (Wildman–Crippen LogP) is 3.60. The van der Waals surface area contributed by atoms with Crippen molar-refractivity contribution in [2.75, 3.05) is 6.61 Å². The lowest BCUT2D eigenvalue weighted by molar-refractivity contribution is -0.0272. The molecule has 0 spiro atoms. The van der Waals surface area contributed by atoms with E-state index < -0.39 is 0 Å². The van der Waals surface area contributed by atoms with Gasteiger partial charge in [-0.05, 0) is 49.9 Å². The Hall–Kier alpha value is -0.0800. The highest BCUT2D eigenvalue weighted by molar-refractivity contribution is 4.85. The molecule has 5 unspecified atom stereocenters. The van der Waals surface area contributed by atoms with Crippen LogP contribution in [0.5, 0.6) is 0 Å². The first-order valence-corrected chi connectivity index (χ1v) is 7.94. The first-order chi connectivity index (χ1) is 8.56. The second-order valence-corrected chi connectivity index (χ2v) is 7.01. The van der Waals surface area contributed by atoms with Crippen molar-refractivity contribution in [1.82, 2.24) is 5.32 Å². The van der Waals surface area contributed by atoms with Gasteiger partial charge in [0.2, 0.25) is 0 Å². The molecule has 1 heterocycles. The van der Waals surface area contributed by atoms with E-state index in [0.29, 0.717) is 18.1 Å². The summed E-state index contributed by atoms with van der Waals surface area (Å²) in [5.41, 5.74) is 0. The number of rotatable bonds is 3. The number of nitrogens with one attached hydrogen (secondary N) is 1. The highest BCUT2D eigenvalue weighted by Crippen LogP contribution is 2.30. The lowest BCUT2D eigenvalue weighted by Crippen LogP contribution is -2.47. The minimum absolute atomic E-state index is 0.469. The fraction of sp³-hybridized carbons (Fsp3) is 1.00. The van der Waals surface area contributed by atoms with Gasteiger partial charge in [-0.2, -0.15) is 0 Å². The van der Waals surface area contributed by atoms with Crippen LogP contribution in [0.25, 0.3) is 0 Å². The molecule has 1 N–H and O–H groups in total. The van der Waals surface area contributed by atoms with Gasteiger partial charge in [0.25, 0.3) is 0 Å². The highest BCUT2D eigenvalue weighted by Gasteiger charge is 2.29. The molecule has 106 valence electrons. The van der Waals surface area contributed by atoms with E-state index in [9.17, 15) is 0 Å². The third kappa shape index (κ3) is 3.71. The Morgan fingerprint density at radius 1 is 0.944 bits per heavy atom. The average Bonchev–Trinajstić information content (AvgIpc) is 2.34. The molecule has 5 atom stereocenters. The van der Waals surface area contributed by atoms with Crippen LogP contribution in [0.15, 0.2) is 0 Å². The zero-order chi connectivity index (χ0) is 13.1. The summed E-state index contributed by atoms with van der Waals surface area (Å²) in [5.74, 6) is 2.46. The van der Waals surface area contributed by atoms with Gasteiger partial charge in [-0.15, -0.1) is 0 Å². The second-order valence-electron chi connectivity index (χ2n) is 7.01.